The maximum absolute atomic E-state index is 12.2. The van der Waals surface area contributed by atoms with Gasteiger partial charge in [-0.1, -0.05) is 388 Å². The number of benzene rings is 20. The molecular formula is C126H88N6O2S4+2. The van der Waals surface area contributed by atoms with Crippen molar-refractivity contribution in [3.05, 3.63) is 533 Å². The Morgan fingerprint density at radius 2 is 0.442 bits per heavy atom. The van der Waals surface area contributed by atoms with Crippen LogP contribution in [-0.2, 0) is 0 Å². The molecule has 12 heteroatoms. The SMILES string of the molecule is O=C1c2ccccc2C(=O)C2C=CC=CC12.c1ccc2[s+]c3ccccc3cc2c1.c1ccc2[s+]c3ccccc3nc2c1.c1ccc2c(c1)Sc1ccccc1S2.c1ccc2c(c1)ccc1ccccc12.c1ccc2cc3ccccc3cc2c1.c1ccc2ccccc2c1.c1ccc2nc3ccccc3cc2c1.c1ccc2nc3ccccc3nc2c1.c1cnc2c(c1)ccc1cccnc12. The summed E-state index contributed by atoms with van der Waals surface area (Å²) < 4.78 is 5.19. The molecule has 0 radical (unpaired) electrons. The predicted molar refractivity (Wildman–Crippen MR) is 587 cm³/mol. The van der Waals surface area contributed by atoms with Gasteiger partial charge in [0.15, 0.2) is 11.6 Å². The highest BCUT2D eigenvalue weighted by atomic mass is 32.2. The first-order valence-electron chi connectivity index (χ1n) is 45.7. The molecule has 7 heterocycles. The predicted octanol–water partition coefficient (Wildman–Crippen LogP) is 34.6. The molecule has 0 spiro atoms. The van der Waals surface area contributed by atoms with Crippen molar-refractivity contribution in [3.8, 4) is 0 Å². The van der Waals surface area contributed by atoms with Crippen molar-refractivity contribution in [2.45, 2.75) is 19.6 Å². The molecule has 0 saturated carbocycles. The van der Waals surface area contributed by atoms with Gasteiger partial charge in [-0.3, -0.25) is 19.6 Å². The van der Waals surface area contributed by atoms with Crippen molar-refractivity contribution < 1.29 is 9.59 Å². The van der Waals surface area contributed by atoms with Gasteiger partial charge in [0.25, 0.3) is 9.40 Å². The summed E-state index contributed by atoms with van der Waals surface area (Å²) in [7, 11) is 0. The lowest BCUT2D eigenvalue weighted by Crippen LogP contribution is -2.35. The number of pyridine rings is 3. The first kappa shape index (κ1) is 89.3. The maximum atomic E-state index is 12.2. The van der Waals surface area contributed by atoms with Gasteiger partial charge in [0.05, 0.1) is 56.0 Å². The third kappa shape index (κ3) is 21.1. The zero-order valence-electron chi connectivity index (χ0n) is 74.9. The summed E-state index contributed by atoms with van der Waals surface area (Å²) in [5.41, 5.74) is 11.2. The molecule has 0 fully saturated rings. The minimum atomic E-state index is -0.299. The van der Waals surface area contributed by atoms with Crippen molar-refractivity contribution in [1.29, 1.82) is 0 Å². The van der Waals surface area contributed by atoms with Gasteiger partial charge in [-0.2, -0.15) is 0 Å². The van der Waals surface area contributed by atoms with E-state index in [4.69, 9.17) is 0 Å². The number of carbonyl (C=O) groups excluding carboxylic acids is 2. The van der Waals surface area contributed by atoms with Gasteiger partial charge >= 0.3 is 0 Å². The monoisotopic (exact) mass is 1840 g/mol. The van der Waals surface area contributed by atoms with Crippen molar-refractivity contribution in [1.82, 2.24) is 29.9 Å². The van der Waals surface area contributed by atoms with Crippen LogP contribution in [-0.4, -0.2) is 41.5 Å². The summed E-state index contributed by atoms with van der Waals surface area (Å²) in [6, 6.07) is 166. The topological polar surface area (TPSA) is 111 Å². The number of para-hydroxylation sites is 8. The fraction of sp³-hybridized carbons (Fsp3) is 0.0159. The van der Waals surface area contributed by atoms with Crippen LogP contribution < -0.4 is 0 Å². The van der Waals surface area contributed by atoms with E-state index in [0.29, 0.717) is 11.1 Å². The number of Topliss-reactive ketones (excluding diaryl/α,β-unsaturated/α-hetero) is 2. The third-order valence-corrected chi connectivity index (χ3v) is 28.7. The number of hydrogen-bond acceptors (Lipinski definition) is 10. The zero-order chi connectivity index (χ0) is 93.0. The molecule has 26 aromatic rings. The summed E-state index contributed by atoms with van der Waals surface area (Å²) in [6.45, 7) is 0. The second-order valence-electron chi connectivity index (χ2n) is 32.9. The Kier molecular flexibility index (Phi) is 27.9. The number of carbonyl (C=O) groups is 2. The van der Waals surface area contributed by atoms with Crippen molar-refractivity contribution in [2.24, 2.45) is 11.8 Å². The van der Waals surface area contributed by atoms with E-state index in [-0.39, 0.29) is 23.4 Å². The number of allylic oxidation sites excluding steroid dienone is 4. The quantitative estimate of drug-likeness (QED) is 0.0827. The molecule has 20 aromatic carbocycles. The lowest BCUT2D eigenvalue weighted by molar-refractivity contribution is 0.0801. The molecule has 0 saturated heterocycles. The first-order valence-corrected chi connectivity index (χ1v) is 49.0. The Morgan fingerprint density at radius 1 is 0.196 bits per heavy atom. The Labute approximate surface area is 815 Å². The molecule has 8 nitrogen and oxygen atoms in total. The molecule has 3 aliphatic rings. The van der Waals surface area contributed by atoms with E-state index < -0.39 is 0 Å². The van der Waals surface area contributed by atoms with Gasteiger partial charge < -0.3 is 0 Å². The third-order valence-electron chi connectivity index (χ3n) is 23.8. The molecule has 29 rings (SSSR count). The Balaban J connectivity index is 0.0000000946. The minimum Gasteiger partial charge on any atom is -0.293 e. The molecule has 2 unspecified atom stereocenters. The Hall–Kier alpha value is -16.6. The van der Waals surface area contributed by atoms with Crippen molar-refractivity contribution >= 4 is 218 Å². The largest absolute Gasteiger partial charge is 0.293 e. The van der Waals surface area contributed by atoms with E-state index in [9.17, 15) is 9.59 Å². The standard InChI is InChI=1S/C14H10O2.2C14H10.C13H9N.C13H9S.2C12H8N2.C12H8NS.C12H8S2.C10H8/c15-13-9-5-1-2-6-10(9)14(16)12-8-4-3-7-11(12)13;1-3-7-13-11(5-1)9-10-12-6-2-4-8-14(12)13;1-2-6-12-10-14-8-4-3-7-13(14)9-11(12)5-1;2*1-3-7-12-10(5-1)9-11-6-2-4-8-13(11)14-12;1-3-9-5-6-10-4-2-8-14-12(10)11(9)13-7-1;1-2-6-10-9(5-1)13-11-7-3-4-8-12(11)14-10;1-3-7-11-9(5-1)13-10-6-2-4-8-12(10)14-11;1-2-6-10-9(5-1)13-11-7-3-4-8-12(11)14-10;1-2-6-10-8-4-3-7-9(10)5-1/h1-10H;2*1-10H;2*1-9H;4*1-8H;1-8H/q;;;;+1;;;+1;;. The number of rotatable bonds is 0. The zero-order valence-corrected chi connectivity index (χ0v) is 78.2. The van der Waals surface area contributed by atoms with E-state index >= 15 is 0 Å². The number of hydrogen-bond donors (Lipinski definition) is 0. The first-order chi connectivity index (χ1) is 68.2. The molecule has 656 valence electrons. The minimum absolute atomic E-state index is 0.0563. The highest BCUT2D eigenvalue weighted by Gasteiger charge is 2.39. The normalized spacial score (nSPS) is 12.8. The van der Waals surface area contributed by atoms with Crippen molar-refractivity contribution in [2.75, 3.05) is 0 Å². The van der Waals surface area contributed by atoms with Crippen LogP contribution in [0.2, 0.25) is 0 Å². The molecule has 0 N–H and O–H groups in total. The second kappa shape index (κ2) is 43.2. The van der Waals surface area contributed by atoms with Gasteiger partial charge in [-0.05, 0) is 175 Å². The van der Waals surface area contributed by atoms with Crippen LogP contribution in [0.25, 0.3) is 160 Å². The van der Waals surface area contributed by atoms with E-state index in [0.717, 1.165) is 65.9 Å². The molecule has 138 heavy (non-hydrogen) atoms. The fourth-order valence-electron chi connectivity index (χ4n) is 17.0. The number of aromatic nitrogens is 6. The van der Waals surface area contributed by atoms with E-state index in [1.165, 1.54) is 114 Å². The van der Waals surface area contributed by atoms with Crippen LogP contribution in [0, 0.1) is 11.8 Å². The highest BCUT2D eigenvalue weighted by Crippen LogP contribution is 2.48. The molecule has 0 amide bonds. The lowest BCUT2D eigenvalue weighted by atomic mass is 9.72. The smallest absolute Gasteiger partial charge is 0.257 e. The fourth-order valence-corrected chi connectivity index (χ4v) is 21.2. The number of nitrogens with zero attached hydrogens (tertiary/aromatic N) is 6. The van der Waals surface area contributed by atoms with Crippen LogP contribution in [0.3, 0.4) is 0 Å². The molecule has 2 aliphatic carbocycles. The van der Waals surface area contributed by atoms with E-state index in [2.05, 4.69) is 382 Å². The van der Waals surface area contributed by atoms with Gasteiger partial charge in [0, 0.05) is 99.7 Å². The molecule has 2 atom stereocenters. The summed E-state index contributed by atoms with van der Waals surface area (Å²) in [5.74, 6) is -0.485. The van der Waals surface area contributed by atoms with Crippen molar-refractivity contribution in [3.63, 3.8) is 0 Å². The van der Waals surface area contributed by atoms with Gasteiger partial charge in [-0.15, -0.1) is 0 Å². The summed E-state index contributed by atoms with van der Waals surface area (Å²) in [5, 5.41) is 20.5. The molecular weight excluding hydrogens is 1760 g/mol. The van der Waals surface area contributed by atoms with Gasteiger partial charge in [-0.25, -0.2) is 19.9 Å². The molecule has 0 bridgehead atoms. The number of fused-ring (bicyclic) bond motifs is 21. The van der Waals surface area contributed by atoms with Crippen LogP contribution in [0.5, 0.6) is 0 Å². The Morgan fingerprint density at radius 3 is 0.826 bits per heavy atom. The van der Waals surface area contributed by atoms with E-state index in [1.807, 2.05) is 168 Å². The van der Waals surface area contributed by atoms with E-state index in [1.54, 1.807) is 48.0 Å². The van der Waals surface area contributed by atoms with Crippen LogP contribution in [0.15, 0.2) is 542 Å². The lowest BCUT2D eigenvalue weighted by Gasteiger charge is -2.28. The average Bonchev–Trinajstić information content (AvgIpc) is 0.756. The van der Waals surface area contributed by atoms with Crippen LogP contribution in [0.4, 0.5) is 0 Å². The highest BCUT2D eigenvalue weighted by molar-refractivity contribution is 8.05. The Bertz CT molecular complexity index is 7370. The number of ketones is 2. The van der Waals surface area contributed by atoms with Gasteiger partial charge in [0.1, 0.15) is 11.0 Å². The van der Waals surface area contributed by atoms with Crippen LogP contribution >= 0.6 is 46.2 Å². The summed E-state index contributed by atoms with van der Waals surface area (Å²) >= 11 is 7.36. The summed E-state index contributed by atoms with van der Waals surface area (Å²) in [6.07, 6.45) is 10.9. The molecule has 1 aliphatic heterocycles. The second-order valence-corrected chi connectivity index (χ2v) is 37.2. The molecule has 6 aromatic heterocycles. The summed E-state index contributed by atoms with van der Waals surface area (Å²) in [4.78, 5) is 56.7. The van der Waals surface area contributed by atoms with Crippen LogP contribution in [0.1, 0.15) is 20.7 Å². The van der Waals surface area contributed by atoms with Gasteiger partial charge in [0.2, 0.25) is 32.1 Å². The average molecular weight is 1850 g/mol. The maximum Gasteiger partial charge on any atom is 0.257 e.